The summed E-state index contributed by atoms with van der Waals surface area (Å²) in [6.07, 6.45) is 5.54. The lowest BCUT2D eigenvalue weighted by molar-refractivity contribution is -0.117. The van der Waals surface area contributed by atoms with E-state index in [1.165, 1.54) is 0 Å². The van der Waals surface area contributed by atoms with E-state index in [4.69, 9.17) is 0 Å². The summed E-state index contributed by atoms with van der Waals surface area (Å²) in [6, 6.07) is 5.41. The van der Waals surface area contributed by atoms with E-state index in [2.05, 4.69) is 20.3 Å². The van der Waals surface area contributed by atoms with Gasteiger partial charge in [0.2, 0.25) is 5.91 Å². The molecule has 1 aliphatic carbocycles. The first-order valence-electron chi connectivity index (χ1n) is 9.67. The van der Waals surface area contributed by atoms with E-state index in [0.717, 1.165) is 34.0 Å². The summed E-state index contributed by atoms with van der Waals surface area (Å²) in [5, 5.41) is 4.32. The fourth-order valence-electron chi connectivity index (χ4n) is 3.24. The molecule has 1 saturated carbocycles. The normalized spacial score (nSPS) is 17.9. The fraction of sp³-hybridized carbons (Fsp3) is 0.318. The highest BCUT2D eigenvalue weighted by molar-refractivity contribution is 5.96. The number of nitrogens with one attached hydrogen (secondary N) is 1. The number of alkyl halides is 1. The minimum absolute atomic E-state index is 0.0395. The van der Waals surface area contributed by atoms with Gasteiger partial charge in [-0.05, 0) is 43.5 Å². The molecule has 3 aromatic rings. The van der Waals surface area contributed by atoms with Crippen LogP contribution in [-0.2, 0) is 4.79 Å². The van der Waals surface area contributed by atoms with Crippen LogP contribution in [0.15, 0.2) is 36.8 Å². The third kappa shape index (κ3) is 3.99. The lowest BCUT2D eigenvalue weighted by Crippen LogP contribution is -2.15. The van der Waals surface area contributed by atoms with Crippen molar-refractivity contribution in [3.63, 3.8) is 0 Å². The van der Waals surface area contributed by atoms with Gasteiger partial charge in [-0.15, -0.1) is 0 Å². The van der Waals surface area contributed by atoms with Gasteiger partial charge in [-0.3, -0.25) is 19.6 Å². The Balaban J connectivity index is 1.58. The number of fused-ring (bicyclic) bond motifs is 1. The zero-order valence-corrected chi connectivity index (χ0v) is 16.3. The number of carbonyl (C=O) groups excluding carboxylic acids is 2. The SMILES string of the molecule is CCCC(=O)c1cc(C)c(-c2cc3cnc(NC(=O)[C@H]4C[C@H]4F)cc3cn2)cn1. The molecule has 3 aromatic heterocycles. The number of Topliss-reactive ketones (excluding diaryl/α,β-unsaturated/α-hetero) is 1. The van der Waals surface area contributed by atoms with E-state index in [9.17, 15) is 14.0 Å². The van der Waals surface area contributed by atoms with Crippen LogP contribution in [0.3, 0.4) is 0 Å². The van der Waals surface area contributed by atoms with Crippen LogP contribution in [0.4, 0.5) is 10.2 Å². The number of ketones is 1. The number of rotatable bonds is 6. The molecule has 1 N–H and O–H groups in total. The van der Waals surface area contributed by atoms with Crippen LogP contribution in [0.2, 0.25) is 0 Å². The molecule has 2 atom stereocenters. The predicted molar refractivity (Wildman–Crippen MR) is 108 cm³/mol. The number of nitrogens with zero attached hydrogens (tertiary/aromatic N) is 3. The number of aryl methyl sites for hydroxylation is 1. The van der Waals surface area contributed by atoms with Crippen molar-refractivity contribution >= 4 is 28.3 Å². The van der Waals surface area contributed by atoms with Crippen molar-refractivity contribution in [3.05, 3.63) is 48.0 Å². The quantitative estimate of drug-likeness (QED) is 0.633. The topological polar surface area (TPSA) is 84.8 Å². The molecule has 1 amide bonds. The predicted octanol–water partition coefficient (Wildman–Crippen LogP) is 4.28. The first-order valence-corrected chi connectivity index (χ1v) is 9.67. The van der Waals surface area contributed by atoms with Crippen molar-refractivity contribution in [2.24, 2.45) is 5.92 Å². The average molecular weight is 392 g/mol. The number of aromatic nitrogens is 3. The third-order valence-corrected chi connectivity index (χ3v) is 5.05. The van der Waals surface area contributed by atoms with Gasteiger partial charge >= 0.3 is 0 Å². The number of amides is 1. The molecule has 7 heteroatoms. The lowest BCUT2D eigenvalue weighted by atomic mass is 10.0. The van der Waals surface area contributed by atoms with E-state index in [-0.39, 0.29) is 18.1 Å². The molecule has 0 saturated heterocycles. The molecule has 148 valence electrons. The van der Waals surface area contributed by atoms with Crippen LogP contribution in [0.1, 0.15) is 42.2 Å². The van der Waals surface area contributed by atoms with Crippen LogP contribution < -0.4 is 5.32 Å². The van der Waals surface area contributed by atoms with Gasteiger partial charge in [-0.1, -0.05) is 6.92 Å². The summed E-state index contributed by atoms with van der Waals surface area (Å²) in [4.78, 5) is 37.0. The van der Waals surface area contributed by atoms with Crippen LogP contribution in [0, 0.1) is 12.8 Å². The van der Waals surface area contributed by atoms with E-state index >= 15 is 0 Å². The van der Waals surface area contributed by atoms with Crippen molar-refractivity contribution in [3.8, 4) is 11.3 Å². The van der Waals surface area contributed by atoms with Gasteiger partial charge in [0.05, 0.1) is 11.6 Å². The second-order valence-corrected chi connectivity index (χ2v) is 7.39. The van der Waals surface area contributed by atoms with E-state index in [0.29, 0.717) is 17.9 Å². The molecular formula is C22H21FN4O2. The maximum atomic E-state index is 13.0. The first-order chi connectivity index (χ1) is 14.0. The van der Waals surface area contributed by atoms with Gasteiger partial charge in [0.25, 0.3) is 0 Å². The van der Waals surface area contributed by atoms with Crippen LogP contribution in [0.5, 0.6) is 0 Å². The maximum absolute atomic E-state index is 13.0. The Morgan fingerprint density at radius 3 is 2.52 bits per heavy atom. The number of hydrogen-bond donors (Lipinski definition) is 1. The molecule has 0 aliphatic heterocycles. The number of hydrogen-bond acceptors (Lipinski definition) is 5. The Labute approximate surface area is 167 Å². The molecule has 1 fully saturated rings. The highest BCUT2D eigenvalue weighted by Gasteiger charge is 2.43. The van der Waals surface area contributed by atoms with Gasteiger partial charge in [0.1, 0.15) is 17.7 Å². The largest absolute Gasteiger partial charge is 0.310 e. The van der Waals surface area contributed by atoms with Crippen molar-refractivity contribution in [2.45, 2.75) is 39.3 Å². The van der Waals surface area contributed by atoms with E-state index in [1.807, 2.05) is 19.9 Å². The second kappa shape index (κ2) is 7.66. The van der Waals surface area contributed by atoms with E-state index < -0.39 is 12.1 Å². The van der Waals surface area contributed by atoms with Gasteiger partial charge in [0, 0.05) is 41.3 Å². The number of carbonyl (C=O) groups is 2. The standard InChI is InChI=1S/C22H21FN4O2/c1-3-4-20(28)19-5-12(2)16(11-25-19)18-6-13-10-26-21(7-14(13)9-24-18)27-22(29)15-8-17(15)23/h5-7,9-11,15,17H,3-4,8H2,1-2H3,(H,26,27,29)/t15-,17+/m0/s1. The van der Waals surface area contributed by atoms with Crippen molar-refractivity contribution < 1.29 is 14.0 Å². The summed E-state index contributed by atoms with van der Waals surface area (Å²) in [7, 11) is 0. The van der Waals surface area contributed by atoms with Crippen LogP contribution in [-0.4, -0.2) is 32.8 Å². The lowest BCUT2D eigenvalue weighted by Gasteiger charge is -2.09. The summed E-state index contributed by atoms with van der Waals surface area (Å²) < 4.78 is 13.0. The summed E-state index contributed by atoms with van der Waals surface area (Å²) in [5.41, 5.74) is 2.98. The van der Waals surface area contributed by atoms with Crippen LogP contribution in [0.25, 0.3) is 22.0 Å². The molecule has 3 heterocycles. The monoisotopic (exact) mass is 392 g/mol. The molecule has 1 aliphatic rings. The molecule has 0 aromatic carbocycles. The number of halogens is 1. The molecule has 0 unspecified atom stereocenters. The van der Waals surface area contributed by atoms with Gasteiger partial charge in [-0.2, -0.15) is 0 Å². The van der Waals surface area contributed by atoms with E-state index in [1.54, 1.807) is 30.7 Å². The average Bonchev–Trinajstić information content (AvgIpc) is 3.44. The smallest absolute Gasteiger partial charge is 0.231 e. The Kier molecular flexibility index (Phi) is 5.05. The highest BCUT2D eigenvalue weighted by Crippen LogP contribution is 2.34. The summed E-state index contributed by atoms with van der Waals surface area (Å²) in [6.45, 7) is 3.89. The molecule has 0 spiro atoms. The molecule has 29 heavy (non-hydrogen) atoms. The maximum Gasteiger partial charge on any atom is 0.231 e. The minimum atomic E-state index is -1.04. The van der Waals surface area contributed by atoms with Crippen molar-refractivity contribution in [2.75, 3.05) is 5.32 Å². The molecule has 0 radical (unpaired) electrons. The Hall–Kier alpha value is -3.22. The van der Waals surface area contributed by atoms with Gasteiger partial charge < -0.3 is 5.32 Å². The Morgan fingerprint density at radius 2 is 1.83 bits per heavy atom. The Morgan fingerprint density at radius 1 is 1.10 bits per heavy atom. The minimum Gasteiger partial charge on any atom is -0.310 e. The number of pyridine rings is 3. The van der Waals surface area contributed by atoms with Crippen LogP contribution >= 0.6 is 0 Å². The Bertz CT molecular complexity index is 1120. The molecular weight excluding hydrogens is 371 g/mol. The first kappa shape index (κ1) is 19.1. The van der Waals surface area contributed by atoms with Gasteiger partial charge in [-0.25, -0.2) is 9.37 Å². The summed E-state index contributed by atoms with van der Waals surface area (Å²) in [5.74, 6) is -0.477. The zero-order chi connectivity index (χ0) is 20.5. The molecule has 6 nitrogen and oxygen atoms in total. The second-order valence-electron chi connectivity index (χ2n) is 7.39. The van der Waals surface area contributed by atoms with Crippen molar-refractivity contribution in [1.29, 1.82) is 0 Å². The highest BCUT2D eigenvalue weighted by atomic mass is 19.1. The summed E-state index contributed by atoms with van der Waals surface area (Å²) >= 11 is 0. The molecule has 4 rings (SSSR count). The zero-order valence-electron chi connectivity index (χ0n) is 16.3. The third-order valence-electron chi connectivity index (χ3n) is 5.05. The molecule has 0 bridgehead atoms. The fourth-order valence-corrected chi connectivity index (χ4v) is 3.24. The van der Waals surface area contributed by atoms with Gasteiger partial charge in [0.15, 0.2) is 5.78 Å². The number of anilines is 1. The van der Waals surface area contributed by atoms with Crippen molar-refractivity contribution in [1.82, 2.24) is 15.0 Å².